The highest BCUT2D eigenvalue weighted by atomic mass is 19.1. The third kappa shape index (κ3) is 3.45. The molecule has 2 rings (SSSR count). The van der Waals surface area contributed by atoms with Gasteiger partial charge >= 0.3 is 0 Å². The van der Waals surface area contributed by atoms with Crippen LogP contribution in [0.3, 0.4) is 0 Å². The topological polar surface area (TPSA) is 29.9 Å². The molecule has 0 aliphatic rings. The molecule has 2 aromatic rings. The van der Waals surface area contributed by atoms with Gasteiger partial charge in [-0.2, -0.15) is 0 Å². The van der Waals surface area contributed by atoms with Crippen molar-refractivity contribution in [1.29, 1.82) is 0 Å². The van der Waals surface area contributed by atoms with Gasteiger partial charge in [0.1, 0.15) is 11.6 Å². The number of nitrogens with zero attached hydrogens (tertiary/aromatic N) is 2. The molecule has 1 heterocycles. The average Bonchev–Trinajstić information content (AvgIpc) is 2.88. The van der Waals surface area contributed by atoms with Crippen LogP contribution in [0.5, 0.6) is 0 Å². The SMILES string of the molecule is CCCNCc1ccc(-n2ccnc2CCC)c(F)c1. The van der Waals surface area contributed by atoms with Crippen molar-refractivity contribution in [3.8, 4) is 5.69 Å². The van der Waals surface area contributed by atoms with Gasteiger partial charge in [-0.1, -0.05) is 19.9 Å². The second-order valence-corrected chi connectivity index (χ2v) is 4.93. The van der Waals surface area contributed by atoms with Gasteiger partial charge in [-0.15, -0.1) is 0 Å². The summed E-state index contributed by atoms with van der Waals surface area (Å²) in [7, 11) is 0. The number of aromatic nitrogens is 2. The van der Waals surface area contributed by atoms with Crippen molar-refractivity contribution in [3.63, 3.8) is 0 Å². The van der Waals surface area contributed by atoms with E-state index < -0.39 is 0 Å². The van der Waals surface area contributed by atoms with Gasteiger partial charge in [0.05, 0.1) is 5.69 Å². The Labute approximate surface area is 119 Å². The highest BCUT2D eigenvalue weighted by Gasteiger charge is 2.09. The summed E-state index contributed by atoms with van der Waals surface area (Å²) >= 11 is 0. The fraction of sp³-hybridized carbons (Fsp3) is 0.438. The molecule has 4 heteroatoms. The van der Waals surface area contributed by atoms with Gasteiger partial charge < -0.3 is 9.88 Å². The van der Waals surface area contributed by atoms with Crippen LogP contribution in [0.2, 0.25) is 0 Å². The van der Waals surface area contributed by atoms with Crippen LogP contribution in [0.4, 0.5) is 4.39 Å². The molecule has 0 aliphatic carbocycles. The number of hydrogen-bond acceptors (Lipinski definition) is 2. The number of imidazole rings is 1. The van der Waals surface area contributed by atoms with E-state index >= 15 is 0 Å². The van der Waals surface area contributed by atoms with Crippen LogP contribution >= 0.6 is 0 Å². The van der Waals surface area contributed by atoms with Gasteiger partial charge in [0.2, 0.25) is 0 Å². The minimum Gasteiger partial charge on any atom is -0.313 e. The smallest absolute Gasteiger partial charge is 0.147 e. The van der Waals surface area contributed by atoms with E-state index in [1.54, 1.807) is 12.3 Å². The number of nitrogens with one attached hydrogen (secondary N) is 1. The minimum atomic E-state index is -0.198. The summed E-state index contributed by atoms with van der Waals surface area (Å²) in [5.74, 6) is 0.708. The molecule has 0 aliphatic heterocycles. The Kier molecular flexibility index (Phi) is 5.30. The Hall–Kier alpha value is -1.68. The molecule has 0 saturated carbocycles. The zero-order valence-electron chi connectivity index (χ0n) is 12.2. The second kappa shape index (κ2) is 7.20. The number of halogens is 1. The zero-order valence-corrected chi connectivity index (χ0v) is 12.2. The van der Waals surface area contributed by atoms with Crippen LogP contribution in [-0.4, -0.2) is 16.1 Å². The van der Waals surface area contributed by atoms with Crippen molar-refractivity contribution in [1.82, 2.24) is 14.9 Å². The highest BCUT2D eigenvalue weighted by molar-refractivity contribution is 5.37. The van der Waals surface area contributed by atoms with Crippen LogP contribution in [0.15, 0.2) is 30.6 Å². The van der Waals surface area contributed by atoms with Crippen LogP contribution in [0.1, 0.15) is 38.1 Å². The molecular weight excluding hydrogens is 253 g/mol. The summed E-state index contributed by atoms with van der Waals surface area (Å²) in [5, 5.41) is 3.28. The largest absolute Gasteiger partial charge is 0.313 e. The van der Waals surface area contributed by atoms with E-state index in [0.717, 1.165) is 37.2 Å². The molecule has 1 N–H and O–H groups in total. The maximum absolute atomic E-state index is 14.3. The Morgan fingerprint density at radius 3 is 2.80 bits per heavy atom. The third-order valence-corrected chi connectivity index (χ3v) is 3.22. The normalized spacial score (nSPS) is 10.9. The fourth-order valence-corrected chi connectivity index (χ4v) is 2.23. The maximum atomic E-state index is 14.3. The highest BCUT2D eigenvalue weighted by Crippen LogP contribution is 2.17. The second-order valence-electron chi connectivity index (χ2n) is 4.93. The van der Waals surface area contributed by atoms with Crippen molar-refractivity contribution < 1.29 is 4.39 Å². The van der Waals surface area contributed by atoms with Gasteiger partial charge in [-0.3, -0.25) is 0 Å². The summed E-state index contributed by atoms with van der Waals surface area (Å²) in [6, 6.07) is 5.41. The zero-order chi connectivity index (χ0) is 14.4. The lowest BCUT2D eigenvalue weighted by Crippen LogP contribution is -2.14. The lowest BCUT2D eigenvalue weighted by atomic mass is 10.2. The van der Waals surface area contributed by atoms with Gasteiger partial charge in [-0.05, 0) is 37.1 Å². The first kappa shape index (κ1) is 14.7. The van der Waals surface area contributed by atoms with Crippen molar-refractivity contribution >= 4 is 0 Å². The van der Waals surface area contributed by atoms with E-state index in [-0.39, 0.29) is 5.82 Å². The Bertz CT molecular complexity index is 548. The van der Waals surface area contributed by atoms with Gasteiger partial charge in [0, 0.05) is 25.4 Å². The molecule has 0 atom stereocenters. The predicted octanol–water partition coefficient (Wildman–Crippen LogP) is 3.46. The quantitative estimate of drug-likeness (QED) is 0.784. The number of aryl methyl sites for hydroxylation is 1. The first-order valence-electron chi connectivity index (χ1n) is 7.28. The van der Waals surface area contributed by atoms with Crippen LogP contribution in [0, 0.1) is 5.82 Å². The molecule has 108 valence electrons. The lowest BCUT2D eigenvalue weighted by molar-refractivity contribution is 0.607. The Balaban J connectivity index is 2.18. The molecule has 0 unspecified atom stereocenters. The third-order valence-electron chi connectivity index (χ3n) is 3.22. The first-order valence-corrected chi connectivity index (χ1v) is 7.28. The number of hydrogen-bond donors (Lipinski definition) is 1. The molecule has 0 fully saturated rings. The Morgan fingerprint density at radius 1 is 1.25 bits per heavy atom. The average molecular weight is 275 g/mol. The maximum Gasteiger partial charge on any atom is 0.147 e. The monoisotopic (exact) mass is 275 g/mol. The van der Waals surface area contributed by atoms with Gasteiger partial charge in [0.25, 0.3) is 0 Å². The minimum absolute atomic E-state index is 0.198. The molecule has 1 aromatic carbocycles. The van der Waals surface area contributed by atoms with Gasteiger partial charge in [0.15, 0.2) is 0 Å². The van der Waals surface area contributed by atoms with E-state index in [9.17, 15) is 4.39 Å². The van der Waals surface area contributed by atoms with E-state index in [1.165, 1.54) is 0 Å². The van der Waals surface area contributed by atoms with E-state index in [2.05, 4.69) is 24.1 Å². The van der Waals surface area contributed by atoms with Crippen LogP contribution in [0.25, 0.3) is 5.69 Å². The molecule has 0 spiro atoms. The lowest BCUT2D eigenvalue weighted by Gasteiger charge is -2.10. The van der Waals surface area contributed by atoms with Crippen LogP contribution < -0.4 is 5.32 Å². The summed E-state index contributed by atoms with van der Waals surface area (Å²) in [4.78, 5) is 4.29. The molecular formula is C16H22FN3. The molecule has 20 heavy (non-hydrogen) atoms. The summed E-state index contributed by atoms with van der Waals surface area (Å²) in [6.07, 6.45) is 6.47. The molecule has 1 aromatic heterocycles. The van der Waals surface area contributed by atoms with Gasteiger partial charge in [-0.25, -0.2) is 9.37 Å². The number of rotatable bonds is 7. The number of benzene rings is 1. The standard InChI is InChI=1S/C16H22FN3/c1-3-5-16-19-9-10-20(16)15-7-6-13(11-14(15)17)12-18-8-4-2/h6-7,9-11,18H,3-5,8,12H2,1-2H3. The predicted molar refractivity (Wildman–Crippen MR) is 79.5 cm³/mol. The van der Waals surface area contributed by atoms with E-state index in [4.69, 9.17) is 0 Å². The molecule has 0 radical (unpaired) electrons. The first-order chi connectivity index (χ1) is 9.76. The van der Waals surface area contributed by atoms with Crippen LogP contribution in [-0.2, 0) is 13.0 Å². The van der Waals surface area contributed by atoms with Crippen molar-refractivity contribution in [2.24, 2.45) is 0 Å². The summed E-state index contributed by atoms with van der Waals surface area (Å²) in [6.45, 7) is 5.87. The van der Waals surface area contributed by atoms with Crippen molar-refractivity contribution in [3.05, 3.63) is 47.8 Å². The van der Waals surface area contributed by atoms with Crippen molar-refractivity contribution in [2.75, 3.05) is 6.54 Å². The Morgan fingerprint density at radius 2 is 2.10 bits per heavy atom. The van der Waals surface area contributed by atoms with E-state index in [0.29, 0.717) is 12.2 Å². The summed E-state index contributed by atoms with van der Waals surface area (Å²) < 4.78 is 16.1. The molecule has 3 nitrogen and oxygen atoms in total. The molecule has 0 amide bonds. The molecule has 0 saturated heterocycles. The molecule has 0 bridgehead atoms. The summed E-state index contributed by atoms with van der Waals surface area (Å²) in [5.41, 5.74) is 1.54. The fourth-order valence-electron chi connectivity index (χ4n) is 2.23. The van der Waals surface area contributed by atoms with E-state index in [1.807, 2.05) is 22.9 Å². The van der Waals surface area contributed by atoms with Crippen molar-refractivity contribution in [2.45, 2.75) is 39.7 Å².